The van der Waals surface area contributed by atoms with Crippen molar-refractivity contribution in [3.8, 4) is 16.9 Å². The Hall–Kier alpha value is -3.47. The Morgan fingerprint density at radius 3 is 2.02 bits per heavy atom. The van der Waals surface area contributed by atoms with Crippen LogP contribution in [0.2, 0.25) is 0 Å². The maximum Gasteiger partial charge on any atom is 0.573 e. The van der Waals surface area contributed by atoms with E-state index in [9.17, 15) is 39.5 Å². The topological polar surface area (TPSA) is 18.5 Å². The average Bonchev–Trinajstić information content (AvgIpc) is 2.98. The van der Waals surface area contributed by atoms with E-state index < -0.39 is 53.1 Å². The van der Waals surface area contributed by atoms with Crippen molar-refractivity contribution in [3.05, 3.63) is 94.3 Å². The van der Waals surface area contributed by atoms with Gasteiger partial charge in [-0.05, 0) is 79.0 Å². The molecule has 1 heterocycles. The largest absolute Gasteiger partial charge is 0.573 e. The predicted octanol–water partition coefficient (Wildman–Crippen LogP) is 11.1. The van der Waals surface area contributed by atoms with Gasteiger partial charge in [-0.25, -0.2) is 26.3 Å². The van der Waals surface area contributed by atoms with Gasteiger partial charge in [0, 0.05) is 17.5 Å². The van der Waals surface area contributed by atoms with Crippen LogP contribution in [0.5, 0.6) is 5.75 Å². The molecule has 0 aromatic heterocycles. The fraction of sp³-hybridized carbons (Fsp3) is 0.394. The first-order valence-electron chi connectivity index (χ1n) is 14.4. The number of alkyl halides is 3. The molecule has 0 spiro atoms. The highest BCUT2D eigenvalue weighted by atomic mass is 19.4. The third kappa shape index (κ3) is 8.58. The van der Waals surface area contributed by atoms with Crippen LogP contribution in [0, 0.1) is 29.2 Å². The van der Waals surface area contributed by atoms with Gasteiger partial charge >= 0.3 is 6.36 Å². The van der Waals surface area contributed by atoms with Crippen LogP contribution in [-0.2, 0) is 11.2 Å². The predicted molar refractivity (Wildman–Crippen MR) is 148 cm³/mol. The first-order valence-corrected chi connectivity index (χ1v) is 14.4. The molecular weight excluding hydrogens is 599 g/mol. The van der Waals surface area contributed by atoms with E-state index in [4.69, 9.17) is 4.74 Å². The summed E-state index contributed by atoms with van der Waals surface area (Å²) in [4.78, 5) is 0. The number of halogens is 9. The molecule has 4 rings (SSSR count). The average molecular weight is 631 g/mol. The van der Waals surface area contributed by atoms with Crippen LogP contribution in [-0.4, -0.2) is 13.0 Å². The van der Waals surface area contributed by atoms with Crippen molar-refractivity contribution in [2.45, 2.75) is 70.8 Å². The molecule has 0 bridgehead atoms. The second kappa shape index (κ2) is 14.5. The van der Waals surface area contributed by atoms with Gasteiger partial charge in [-0.2, -0.15) is 0 Å². The molecule has 0 amide bonds. The van der Waals surface area contributed by atoms with E-state index in [0.29, 0.717) is 31.2 Å². The molecule has 238 valence electrons. The van der Waals surface area contributed by atoms with Gasteiger partial charge in [-0.15, -0.1) is 13.2 Å². The lowest BCUT2D eigenvalue weighted by atomic mass is 9.89. The molecule has 1 saturated heterocycles. The molecule has 2 unspecified atom stereocenters. The van der Waals surface area contributed by atoms with Crippen molar-refractivity contribution in [1.82, 2.24) is 0 Å². The molecule has 2 nitrogen and oxygen atoms in total. The van der Waals surface area contributed by atoms with E-state index in [2.05, 4.69) is 4.74 Å². The highest BCUT2D eigenvalue weighted by molar-refractivity contribution is 5.68. The molecule has 44 heavy (non-hydrogen) atoms. The van der Waals surface area contributed by atoms with E-state index in [-0.39, 0.29) is 47.6 Å². The second-order valence-corrected chi connectivity index (χ2v) is 10.8. The molecule has 11 heteroatoms. The van der Waals surface area contributed by atoms with Gasteiger partial charge in [0.1, 0.15) is 17.5 Å². The van der Waals surface area contributed by atoms with Gasteiger partial charge in [-0.1, -0.05) is 44.0 Å². The van der Waals surface area contributed by atoms with Crippen LogP contribution < -0.4 is 4.74 Å². The summed E-state index contributed by atoms with van der Waals surface area (Å²) in [6.45, 7) is 2.08. The van der Waals surface area contributed by atoms with Gasteiger partial charge in [0.25, 0.3) is 0 Å². The molecule has 1 fully saturated rings. The van der Waals surface area contributed by atoms with Crippen LogP contribution in [0.1, 0.15) is 74.7 Å². The van der Waals surface area contributed by atoms with Gasteiger partial charge in [0.2, 0.25) is 5.75 Å². The third-order valence-electron chi connectivity index (χ3n) is 7.63. The molecule has 3 aromatic rings. The third-order valence-corrected chi connectivity index (χ3v) is 7.63. The summed E-state index contributed by atoms with van der Waals surface area (Å²) in [6, 6.07) is 9.46. The second-order valence-electron chi connectivity index (χ2n) is 10.8. The van der Waals surface area contributed by atoms with Crippen LogP contribution in [0.4, 0.5) is 39.5 Å². The summed E-state index contributed by atoms with van der Waals surface area (Å²) in [5.74, 6) is -8.00. The van der Waals surface area contributed by atoms with Crippen molar-refractivity contribution >= 4 is 5.83 Å². The Bertz CT molecular complexity index is 1410. The van der Waals surface area contributed by atoms with E-state index in [1.165, 1.54) is 36.4 Å². The van der Waals surface area contributed by atoms with Crippen molar-refractivity contribution in [2.24, 2.45) is 5.92 Å². The number of hydrogen-bond donors (Lipinski definition) is 0. The maximum atomic E-state index is 15.0. The quantitative estimate of drug-likeness (QED) is 0.155. The van der Waals surface area contributed by atoms with Crippen molar-refractivity contribution in [3.63, 3.8) is 0 Å². The number of hydrogen-bond acceptors (Lipinski definition) is 2. The first kappa shape index (κ1) is 33.4. The summed E-state index contributed by atoms with van der Waals surface area (Å²) >= 11 is 0. The molecule has 1 aliphatic heterocycles. The fourth-order valence-corrected chi connectivity index (χ4v) is 5.24. The van der Waals surface area contributed by atoms with Crippen molar-refractivity contribution in [1.29, 1.82) is 0 Å². The zero-order chi connectivity index (χ0) is 32.0. The van der Waals surface area contributed by atoms with E-state index >= 15 is 0 Å². The molecule has 0 saturated carbocycles. The van der Waals surface area contributed by atoms with Gasteiger partial charge in [-0.3, -0.25) is 0 Å². The van der Waals surface area contributed by atoms with Crippen LogP contribution in [0.15, 0.2) is 54.4 Å². The Kier molecular flexibility index (Phi) is 11.0. The summed E-state index contributed by atoms with van der Waals surface area (Å²) in [7, 11) is 0. The molecular formula is C33H31F9O2. The number of ether oxygens (including phenoxy) is 2. The zero-order valence-corrected chi connectivity index (χ0v) is 23.9. The standard InChI is InChI=1S/C33H31F9O2/c1-2-3-4-5-25(34)31(39)21-10-8-20(9-11-21)22-14-26(35)24(27(36)15-22)12-6-19-7-13-30(43-18-19)23-16-28(37)32(29(38)17-23)44-33(40,41)42/h8-11,14-17,19,30H,2-7,12-13,18H2,1H3/b31-25+. The molecule has 0 radical (unpaired) electrons. The van der Waals surface area contributed by atoms with Gasteiger partial charge in [0.05, 0.1) is 12.7 Å². The minimum absolute atomic E-state index is 0.00477. The smallest absolute Gasteiger partial charge is 0.399 e. The molecule has 2 atom stereocenters. The minimum atomic E-state index is -5.25. The lowest BCUT2D eigenvalue weighted by Gasteiger charge is -2.29. The SMILES string of the molecule is CCCCC/C(F)=C(\F)c1ccc(-c2cc(F)c(CCC3CCC(c4cc(F)c(OC(F)(F)F)c(F)c4)OC3)c(F)c2)cc1. The highest BCUT2D eigenvalue weighted by Crippen LogP contribution is 2.37. The number of benzene rings is 3. The maximum absolute atomic E-state index is 15.0. The van der Waals surface area contributed by atoms with Gasteiger partial charge in [0.15, 0.2) is 17.5 Å². The Morgan fingerprint density at radius 1 is 0.841 bits per heavy atom. The molecule has 0 N–H and O–H groups in total. The van der Waals surface area contributed by atoms with E-state index in [1.807, 2.05) is 6.92 Å². The molecule has 0 aliphatic carbocycles. The summed E-state index contributed by atoms with van der Waals surface area (Å²) in [5.41, 5.74) is 0.595. The Morgan fingerprint density at radius 2 is 1.48 bits per heavy atom. The molecule has 1 aliphatic rings. The fourth-order valence-electron chi connectivity index (χ4n) is 5.24. The highest BCUT2D eigenvalue weighted by Gasteiger charge is 2.35. The lowest BCUT2D eigenvalue weighted by molar-refractivity contribution is -0.276. The Balaban J connectivity index is 1.34. The summed E-state index contributed by atoms with van der Waals surface area (Å²) in [6.07, 6.45) is -2.62. The van der Waals surface area contributed by atoms with Crippen LogP contribution in [0.3, 0.4) is 0 Å². The lowest BCUT2D eigenvalue weighted by Crippen LogP contribution is -2.22. The molecule has 3 aromatic carbocycles. The van der Waals surface area contributed by atoms with Crippen molar-refractivity contribution < 1.29 is 49.0 Å². The van der Waals surface area contributed by atoms with E-state index in [0.717, 1.165) is 25.0 Å². The number of rotatable bonds is 11. The van der Waals surface area contributed by atoms with Crippen molar-refractivity contribution in [2.75, 3.05) is 6.61 Å². The minimum Gasteiger partial charge on any atom is -0.399 e. The first-order chi connectivity index (χ1) is 20.9. The number of unbranched alkanes of at least 4 members (excludes halogenated alkanes) is 2. The summed E-state index contributed by atoms with van der Waals surface area (Å²) < 4.78 is 133. The summed E-state index contributed by atoms with van der Waals surface area (Å²) in [5, 5.41) is 0. The van der Waals surface area contributed by atoms with Crippen LogP contribution >= 0.6 is 0 Å². The van der Waals surface area contributed by atoms with Gasteiger partial charge < -0.3 is 9.47 Å². The zero-order valence-electron chi connectivity index (χ0n) is 23.9. The van der Waals surface area contributed by atoms with E-state index in [1.54, 1.807) is 0 Å². The monoisotopic (exact) mass is 630 g/mol. The normalized spacial score (nSPS) is 17.9. The Labute approximate surface area is 249 Å². The number of allylic oxidation sites excluding steroid dienone is 1. The van der Waals surface area contributed by atoms with Crippen LogP contribution in [0.25, 0.3) is 17.0 Å².